The van der Waals surface area contributed by atoms with Crippen molar-refractivity contribution in [3.63, 3.8) is 0 Å². The van der Waals surface area contributed by atoms with Crippen molar-refractivity contribution in [3.8, 4) is 0 Å². The summed E-state index contributed by atoms with van der Waals surface area (Å²) in [5, 5.41) is 0. The zero-order chi connectivity index (χ0) is 19.8. The van der Waals surface area contributed by atoms with E-state index in [-0.39, 0.29) is 17.3 Å². The highest BCUT2D eigenvalue weighted by atomic mass is 16.6. The van der Waals surface area contributed by atoms with E-state index in [4.69, 9.17) is 9.47 Å². The quantitative estimate of drug-likeness (QED) is 0.478. The van der Waals surface area contributed by atoms with Gasteiger partial charge in [-0.3, -0.25) is 0 Å². The molecule has 0 heterocycles. The van der Waals surface area contributed by atoms with Crippen molar-refractivity contribution in [1.82, 2.24) is 0 Å². The minimum absolute atomic E-state index is 0.166. The van der Waals surface area contributed by atoms with Crippen LogP contribution in [0.4, 0.5) is 0 Å². The average molecular weight is 401 g/mol. The first kappa shape index (κ1) is 19.6. The third-order valence-electron chi connectivity index (χ3n) is 11.2. The lowest BCUT2D eigenvalue weighted by molar-refractivity contribution is -0.255. The highest BCUT2D eigenvalue weighted by Crippen LogP contribution is 2.62. The summed E-state index contributed by atoms with van der Waals surface area (Å²) in [5.74, 6) is 7.39. The van der Waals surface area contributed by atoms with Gasteiger partial charge in [-0.25, -0.2) is 0 Å². The van der Waals surface area contributed by atoms with E-state index in [0.29, 0.717) is 0 Å². The van der Waals surface area contributed by atoms with Gasteiger partial charge < -0.3 is 9.47 Å². The maximum absolute atomic E-state index is 7.07. The molecule has 0 spiro atoms. The number of hydrogen-bond acceptors (Lipinski definition) is 2. The monoisotopic (exact) mass is 400 g/mol. The zero-order valence-electron chi connectivity index (χ0n) is 19.2. The van der Waals surface area contributed by atoms with E-state index in [1.165, 1.54) is 77.0 Å². The van der Waals surface area contributed by atoms with Crippen LogP contribution < -0.4 is 0 Å². The Morgan fingerprint density at radius 2 is 1.00 bits per heavy atom. The summed E-state index contributed by atoms with van der Waals surface area (Å²) < 4.78 is 14.0. The molecule has 1 atom stereocenters. The Morgan fingerprint density at radius 1 is 0.621 bits per heavy atom. The molecule has 164 valence electrons. The predicted molar refractivity (Wildman–Crippen MR) is 117 cm³/mol. The van der Waals surface area contributed by atoms with E-state index in [1.54, 1.807) is 0 Å². The van der Waals surface area contributed by atoms with Crippen LogP contribution in [-0.2, 0) is 9.47 Å². The lowest BCUT2D eigenvalue weighted by atomic mass is 9.49. The van der Waals surface area contributed by atoms with Crippen LogP contribution in [0.15, 0.2) is 0 Å². The van der Waals surface area contributed by atoms with Gasteiger partial charge in [0.2, 0.25) is 0 Å². The summed E-state index contributed by atoms with van der Waals surface area (Å²) in [4.78, 5) is 0. The molecule has 0 radical (unpaired) electrons. The molecule has 29 heavy (non-hydrogen) atoms. The summed E-state index contributed by atoms with van der Waals surface area (Å²) in [6.07, 6.45) is 17.3. The largest absolute Gasteiger partial charge is 0.372 e. The molecule has 8 rings (SSSR count). The normalized spacial score (nSPS) is 55.6. The predicted octanol–water partition coefficient (Wildman–Crippen LogP) is 6.62. The molecule has 0 saturated heterocycles. The molecule has 8 aliphatic carbocycles. The first-order valence-corrected chi connectivity index (χ1v) is 13.4. The topological polar surface area (TPSA) is 18.5 Å². The van der Waals surface area contributed by atoms with Gasteiger partial charge in [-0.1, -0.05) is 13.8 Å². The molecular weight excluding hydrogens is 356 g/mol. The molecule has 8 bridgehead atoms. The van der Waals surface area contributed by atoms with Crippen molar-refractivity contribution in [2.45, 2.75) is 115 Å². The Kier molecular flexibility index (Phi) is 4.70. The fourth-order valence-electron chi connectivity index (χ4n) is 10.4. The molecule has 1 unspecified atom stereocenters. The first-order chi connectivity index (χ1) is 14.0. The second-order valence-electron chi connectivity index (χ2n) is 12.5. The smallest absolute Gasteiger partial charge is 0.0788 e. The maximum Gasteiger partial charge on any atom is 0.0788 e. The molecule has 2 nitrogen and oxygen atoms in total. The Balaban J connectivity index is 1.14. The Labute approximate surface area is 178 Å². The molecule has 0 aromatic carbocycles. The van der Waals surface area contributed by atoms with Gasteiger partial charge in [-0.05, 0) is 131 Å². The minimum atomic E-state index is 0.166. The SMILES string of the molecule is CCC1(OCC(C)OC2(CC)C3CC4CC(C3)CC2C4)C2CC3CC(C2)CC1C3. The van der Waals surface area contributed by atoms with Crippen molar-refractivity contribution in [1.29, 1.82) is 0 Å². The maximum atomic E-state index is 7.07. The van der Waals surface area contributed by atoms with E-state index in [0.717, 1.165) is 54.0 Å². The number of ether oxygens (including phenoxy) is 2. The van der Waals surface area contributed by atoms with Crippen LogP contribution in [0.1, 0.15) is 97.8 Å². The van der Waals surface area contributed by atoms with Gasteiger partial charge in [0, 0.05) is 0 Å². The molecule has 8 aliphatic rings. The van der Waals surface area contributed by atoms with Gasteiger partial charge in [-0.2, -0.15) is 0 Å². The first-order valence-electron chi connectivity index (χ1n) is 13.4. The second-order valence-corrected chi connectivity index (χ2v) is 12.5. The van der Waals surface area contributed by atoms with E-state index in [1.807, 2.05) is 0 Å². The Bertz CT molecular complexity index is 568. The molecule has 8 saturated carbocycles. The van der Waals surface area contributed by atoms with E-state index in [2.05, 4.69) is 20.8 Å². The fourth-order valence-corrected chi connectivity index (χ4v) is 10.4. The van der Waals surface area contributed by atoms with Crippen molar-refractivity contribution < 1.29 is 9.47 Å². The zero-order valence-corrected chi connectivity index (χ0v) is 19.2. The standard InChI is InChI=1S/C27H44O2/c1-4-26(22-8-18-6-19(10-22)11-23(26)9-18)28-16-17(3)29-27(5-2)24-12-20-7-21(14-24)15-25(27)13-20/h17-25H,4-16H2,1-3H3. The Hall–Kier alpha value is -0.0800. The van der Waals surface area contributed by atoms with Gasteiger partial charge in [0.15, 0.2) is 0 Å². The summed E-state index contributed by atoms with van der Waals surface area (Å²) in [6.45, 7) is 7.95. The van der Waals surface area contributed by atoms with Crippen LogP contribution in [0, 0.1) is 47.3 Å². The second kappa shape index (κ2) is 6.96. The van der Waals surface area contributed by atoms with Gasteiger partial charge in [0.1, 0.15) is 0 Å². The third kappa shape index (κ3) is 2.86. The Morgan fingerprint density at radius 3 is 1.38 bits per heavy atom. The molecule has 0 aromatic rings. The van der Waals surface area contributed by atoms with E-state index >= 15 is 0 Å². The lowest BCUT2D eigenvalue weighted by Crippen LogP contribution is -2.61. The highest BCUT2D eigenvalue weighted by Gasteiger charge is 2.59. The van der Waals surface area contributed by atoms with E-state index in [9.17, 15) is 0 Å². The molecule has 0 amide bonds. The molecule has 0 N–H and O–H groups in total. The molecule has 0 aromatic heterocycles. The number of rotatable bonds is 7. The van der Waals surface area contributed by atoms with Gasteiger partial charge in [-0.15, -0.1) is 0 Å². The van der Waals surface area contributed by atoms with Crippen LogP contribution in [0.5, 0.6) is 0 Å². The fraction of sp³-hybridized carbons (Fsp3) is 1.00. The van der Waals surface area contributed by atoms with Gasteiger partial charge >= 0.3 is 0 Å². The average Bonchev–Trinajstić information content (AvgIpc) is 2.70. The van der Waals surface area contributed by atoms with Crippen LogP contribution >= 0.6 is 0 Å². The molecular formula is C27H44O2. The van der Waals surface area contributed by atoms with Gasteiger partial charge in [0.05, 0.1) is 23.9 Å². The minimum Gasteiger partial charge on any atom is -0.372 e. The van der Waals surface area contributed by atoms with Crippen molar-refractivity contribution in [2.24, 2.45) is 47.3 Å². The van der Waals surface area contributed by atoms with Crippen LogP contribution in [-0.4, -0.2) is 23.9 Å². The summed E-state index contributed by atoms with van der Waals surface area (Å²) in [5.41, 5.74) is 0.341. The van der Waals surface area contributed by atoms with Crippen molar-refractivity contribution in [2.75, 3.05) is 6.61 Å². The number of hydrogen-bond donors (Lipinski definition) is 0. The van der Waals surface area contributed by atoms with Crippen molar-refractivity contribution in [3.05, 3.63) is 0 Å². The highest BCUT2D eigenvalue weighted by molar-refractivity contribution is 5.09. The van der Waals surface area contributed by atoms with Crippen molar-refractivity contribution >= 4 is 0 Å². The van der Waals surface area contributed by atoms with Gasteiger partial charge in [0.25, 0.3) is 0 Å². The molecule has 0 aliphatic heterocycles. The molecule has 8 fully saturated rings. The van der Waals surface area contributed by atoms with Crippen LogP contribution in [0.25, 0.3) is 0 Å². The van der Waals surface area contributed by atoms with Crippen LogP contribution in [0.2, 0.25) is 0 Å². The molecule has 2 heteroatoms. The third-order valence-corrected chi connectivity index (χ3v) is 11.2. The lowest BCUT2D eigenvalue weighted by Gasteiger charge is -2.62. The summed E-state index contributed by atoms with van der Waals surface area (Å²) in [7, 11) is 0. The van der Waals surface area contributed by atoms with E-state index < -0.39 is 0 Å². The summed E-state index contributed by atoms with van der Waals surface area (Å²) in [6, 6.07) is 0. The van der Waals surface area contributed by atoms with Crippen LogP contribution in [0.3, 0.4) is 0 Å². The summed E-state index contributed by atoms with van der Waals surface area (Å²) >= 11 is 0.